The van der Waals surface area contributed by atoms with Crippen LogP contribution in [0.25, 0.3) is 16.6 Å². The Hall–Kier alpha value is -1.75. The quantitative estimate of drug-likeness (QED) is 0.804. The lowest BCUT2D eigenvalue weighted by Crippen LogP contribution is -2.09. The minimum Gasteiger partial charge on any atom is -0.393 e. The second kappa shape index (κ2) is 3.63. The number of hydrogen-bond donors (Lipinski definition) is 2. The number of nitrogens with zero attached hydrogens (tertiary/aromatic N) is 1. The normalized spacial score (nSPS) is 20.5. The van der Waals surface area contributed by atoms with E-state index in [1.54, 1.807) is 0 Å². The molecule has 0 saturated heterocycles. The summed E-state index contributed by atoms with van der Waals surface area (Å²) in [5, 5.41) is 0.444. The molecule has 1 aromatic heterocycles. The van der Waals surface area contributed by atoms with Gasteiger partial charge in [0.25, 0.3) is 0 Å². The van der Waals surface area contributed by atoms with Crippen LogP contribution in [-0.2, 0) is 4.79 Å². The van der Waals surface area contributed by atoms with Crippen LogP contribution in [0, 0.1) is 0 Å². The molecule has 4 nitrogen and oxygen atoms in total. The van der Waals surface area contributed by atoms with Gasteiger partial charge in [0.2, 0.25) is 0 Å². The van der Waals surface area contributed by atoms with E-state index in [1.807, 2.05) is 31.2 Å². The number of aromatic amines is 1. The lowest BCUT2D eigenvalue weighted by atomic mass is 10.1. The van der Waals surface area contributed by atoms with Crippen molar-refractivity contribution in [2.45, 2.75) is 12.2 Å². The third kappa shape index (κ3) is 1.54. The summed E-state index contributed by atoms with van der Waals surface area (Å²) in [5.41, 5.74) is 8.17. The van der Waals surface area contributed by atoms with Crippen LogP contribution in [0.15, 0.2) is 29.3 Å². The summed E-state index contributed by atoms with van der Waals surface area (Å²) < 4.78 is 0. The monoisotopic (exact) mass is 245 g/mol. The first kappa shape index (κ1) is 10.4. The number of thioether (sulfide) groups is 1. The number of fused-ring (bicyclic) bond motifs is 1. The van der Waals surface area contributed by atoms with Gasteiger partial charge in [0.05, 0.1) is 26.9 Å². The molecule has 2 aromatic rings. The molecule has 1 aliphatic rings. The topological polar surface area (TPSA) is 71.8 Å². The molecule has 1 aromatic carbocycles. The van der Waals surface area contributed by atoms with Crippen molar-refractivity contribution in [2.24, 2.45) is 5.73 Å². The van der Waals surface area contributed by atoms with E-state index in [-0.39, 0.29) is 11.0 Å². The zero-order valence-corrected chi connectivity index (χ0v) is 10.0. The van der Waals surface area contributed by atoms with Gasteiger partial charge in [-0.2, -0.15) is 0 Å². The minimum atomic E-state index is -0.113. The highest BCUT2D eigenvalue weighted by atomic mass is 32.2. The van der Waals surface area contributed by atoms with Gasteiger partial charge in [-0.1, -0.05) is 23.9 Å². The summed E-state index contributed by atoms with van der Waals surface area (Å²) in [4.78, 5) is 19.5. The third-order valence-corrected chi connectivity index (χ3v) is 3.82. The van der Waals surface area contributed by atoms with Gasteiger partial charge < -0.3 is 10.7 Å². The van der Waals surface area contributed by atoms with E-state index < -0.39 is 0 Å². The fourth-order valence-electron chi connectivity index (χ4n) is 1.93. The van der Waals surface area contributed by atoms with Gasteiger partial charge in [0, 0.05) is 0 Å². The summed E-state index contributed by atoms with van der Waals surface area (Å²) in [6.45, 7) is 1.86. The Kier molecular flexibility index (Phi) is 2.22. The van der Waals surface area contributed by atoms with Crippen LogP contribution in [-0.4, -0.2) is 21.0 Å². The largest absolute Gasteiger partial charge is 0.393 e. The number of ketones is 1. The molecule has 2 heterocycles. The number of H-pyrrole nitrogens is 1. The lowest BCUT2D eigenvalue weighted by Gasteiger charge is -1.97. The predicted octanol–water partition coefficient (Wildman–Crippen LogP) is 1.89. The summed E-state index contributed by atoms with van der Waals surface area (Å²) in [5.74, 6) is 0.622. The molecule has 3 rings (SSSR count). The van der Waals surface area contributed by atoms with Gasteiger partial charge in [-0.3, -0.25) is 4.79 Å². The van der Waals surface area contributed by atoms with E-state index in [1.165, 1.54) is 11.8 Å². The third-order valence-electron chi connectivity index (χ3n) is 2.79. The first-order valence-corrected chi connectivity index (χ1v) is 6.20. The number of allylic oxidation sites excluding steroid dienone is 1. The molecule has 17 heavy (non-hydrogen) atoms. The van der Waals surface area contributed by atoms with Crippen LogP contribution in [0.5, 0.6) is 0 Å². The van der Waals surface area contributed by atoms with Crippen molar-refractivity contribution < 1.29 is 4.79 Å². The van der Waals surface area contributed by atoms with Crippen molar-refractivity contribution in [3.05, 3.63) is 35.1 Å². The van der Waals surface area contributed by atoms with Crippen molar-refractivity contribution in [3.63, 3.8) is 0 Å². The van der Waals surface area contributed by atoms with Crippen molar-refractivity contribution in [3.8, 4) is 0 Å². The van der Waals surface area contributed by atoms with E-state index in [9.17, 15) is 4.79 Å². The highest BCUT2D eigenvalue weighted by molar-refractivity contribution is 8.05. The number of imidazole rings is 1. The van der Waals surface area contributed by atoms with Gasteiger partial charge in [0.15, 0.2) is 5.78 Å². The molecular weight excluding hydrogens is 234 g/mol. The van der Waals surface area contributed by atoms with Crippen molar-refractivity contribution in [1.82, 2.24) is 9.97 Å². The zero-order valence-electron chi connectivity index (χ0n) is 9.23. The number of benzene rings is 1. The maximum absolute atomic E-state index is 12.0. The SMILES string of the molecule is CC1SC(N)=C(c2nc3ccccc3[nH]2)C1=O. The average Bonchev–Trinajstić information content (AvgIpc) is 2.81. The Bertz CT molecular complexity index is 611. The molecule has 1 aliphatic heterocycles. The van der Waals surface area contributed by atoms with E-state index in [2.05, 4.69) is 9.97 Å². The van der Waals surface area contributed by atoms with Crippen molar-refractivity contribution in [1.29, 1.82) is 0 Å². The molecule has 86 valence electrons. The van der Waals surface area contributed by atoms with E-state index >= 15 is 0 Å². The number of nitrogens with two attached hydrogens (primary N) is 1. The molecule has 5 heteroatoms. The smallest absolute Gasteiger partial charge is 0.182 e. The lowest BCUT2D eigenvalue weighted by molar-refractivity contribution is -0.112. The van der Waals surface area contributed by atoms with E-state index in [0.29, 0.717) is 16.4 Å². The maximum Gasteiger partial charge on any atom is 0.182 e. The maximum atomic E-state index is 12.0. The van der Waals surface area contributed by atoms with E-state index in [4.69, 9.17) is 5.73 Å². The zero-order chi connectivity index (χ0) is 12.0. The number of nitrogens with one attached hydrogen (secondary N) is 1. The van der Waals surface area contributed by atoms with Gasteiger partial charge in [0.1, 0.15) is 5.82 Å². The van der Waals surface area contributed by atoms with Gasteiger partial charge in [-0.25, -0.2) is 4.98 Å². The number of carbonyl (C=O) groups excluding carboxylic acids is 1. The molecule has 3 N–H and O–H groups in total. The Morgan fingerprint density at radius 3 is 2.82 bits per heavy atom. The van der Waals surface area contributed by atoms with E-state index in [0.717, 1.165) is 11.0 Å². The summed E-state index contributed by atoms with van der Waals surface area (Å²) in [7, 11) is 0. The molecule has 1 unspecified atom stereocenters. The summed E-state index contributed by atoms with van der Waals surface area (Å²) in [6, 6.07) is 7.68. The van der Waals surface area contributed by atoms with Crippen LogP contribution in [0.4, 0.5) is 0 Å². The summed E-state index contributed by atoms with van der Waals surface area (Å²) in [6.07, 6.45) is 0. The molecule has 0 amide bonds. The van der Waals surface area contributed by atoms with Crippen LogP contribution >= 0.6 is 11.8 Å². The fraction of sp³-hybridized carbons (Fsp3) is 0.167. The molecule has 0 fully saturated rings. The van der Waals surface area contributed by atoms with Crippen molar-refractivity contribution >= 4 is 34.2 Å². The Balaban J connectivity index is 2.16. The van der Waals surface area contributed by atoms with Crippen LogP contribution < -0.4 is 5.73 Å². The van der Waals surface area contributed by atoms with Crippen LogP contribution in [0.3, 0.4) is 0 Å². The number of aromatic nitrogens is 2. The Morgan fingerprint density at radius 2 is 2.18 bits per heavy atom. The highest BCUT2D eigenvalue weighted by Crippen LogP contribution is 2.36. The Labute approximate surface area is 102 Å². The number of para-hydroxylation sites is 2. The number of carbonyl (C=O) groups is 1. The second-order valence-electron chi connectivity index (χ2n) is 3.97. The van der Waals surface area contributed by atoms with Gasteiger partial charge in [-0.15, -0.1) is 0 Å². The van der Waals surface area contributed by atoms with Gasteiger partial charge >= 0.3 is 0 Å². The van der Waals surface area contributed by atoms with Crippen molar-refractivity contribution in [2.75, 3.05) is 0 Å². The first-order chi connectivity index (χ1) is 8.16. The molecule has 1 atom stereocenters. The minimum absolute atomic E-state index is 0.0477. The van der Waals surface area contributed by atoms with Gasteiger partial charge in [-0.05, 0) is 19.1 Å². The molecular formula is C12H11N3OS. The molecule has 0 radical (unpaired) electrons. The van der Waals surface area contributed by atoms with Crippen LogP contribution in [0.2, 0.25) is 0 Å². The first-order valence-electron chi connectivity index (χ1n) is 5.32. The number of hydrogen-bond acceptors (Lipinski definition) is 4. The highest BCUT2D eigenvalue weighted by Gasteiger charge is 2.32. The fourth-order valence-corrected chi connectivity index (χ4v) is 2.85. The molecule has 0 spiro atoms. The Morgan fingerprint density at radius 1 is 1.41 bits per heavy atom. The average molecular weight is 245 g/mol. The molecule has 0 aliphatic carbocycles. The number of rotatable bonds is 1. The number of Topliss-reactive ketones (excluding diaryl/α,β-unsaturated/α-hetero) is 1. The second-order valence-corrected chi connectivity index (χ2v) is 5.35. The molecule has 0 bridgehead atoms. The van der Waals surface area contributed by atoms with Crippen LogP contribution in [0.1, 0.15) is 12.7 Å². The summed E-state index contributed by atoms with van der Waals surface area (Å²) >= 11 is 1.39. The standard InChI is InChI=1S/C12H11N3OS/c1-6-10(16)9(11(13)17-6)12-14-7-4-2-3-5-8(7)15-12/h2-6H,13H2,1H3,(H,14,15). The molecule has 0 saturated carbocycles. The predicted molar refractivity (Wildman–Crippen MR) is 69.3 cm³/mol.